The van der Waals surface area contributed by atoms with Crippen molar-refractivity contribution in [2.75, 3.05) is 66.9 Å². The minimum Gasteiger partial charge on any atom is -0.395 e. The molecule has 6 aliphatic heterocycles. The van der Waals surface area contributed by atoms with E-state index in [1.807, 2.05) is 128 Å². The Hall–Kier alpha value is -14.8. The van der Waals surface area contributed by atoms with Crippen molar-refractivity contribution in [2.24, 2.45) is 28.2 Å². The maximum Gasteiger partial charge on any atom is 0.264 e. The minimum absolute atomic E-state index is 0.0328. The summed E-state index contributed by atoms with van der Waals surface area (Å²) in [5.74, 6) is 5.21. The molecule has 4 aromatic carbocycles. The zero-order valence-corrected chi connectivity index (χ0v) is 77.3. The molecule has 0 spiro atoms. The predicted molar refractivity (Wildman–Crippen MR) is 508 cm³/mol. The van der Waals surface area contributed by atoms with E-state index in [2.05, 4.69) is 84.9 Å². The maximum atomic E-state index is 14.3. The van der Waals surface area contributed by atoms with Gasteiger partial charge >= 0.3 is 0 Å². The van der Waals surface area contributed by atoms with E-state index < -0.39 is 19.1 Å². The molecule has 0 radical (unpaired) electrons. The van der Waals surface area contributed by atoms with Gasteiger partial charge in [-0.3, -0.25) is 57.8 Å². The Bertz CT molecular complexity index is 7280. The van der Waals surface area contributed by atoms with Crippen molar-refractivity contribution in [3.63, 3.8) is 0 Å². The van der Waals surface area contributed by atoms with E-state index in [1.165, 1.54) is 6.07 Å². The van der Waals surface area contributed by atoms with E-state index in [4.69, 9.17) is 50.9 Å². The SMILES string of the molecule is CC1C(=O)N(C)Cc2c(-c3ccnc4cc(-c5cnn(C)c5)c(C(F)F)cc34)nc(C3CCOCC3)n21.Cn1cc(-c2cc3cccc(-c4nc(C5CC5)n5c4CN(CCF)C(=O)C5)c3cn2)cn1.Cn1cc(-c2cc3cccc(-c4nc(C5CC5)n5c4CN(CCO)C(=O)C5)c3cn2)cn1.[C-]#[N+]c1cc2c(-c3nc(C4CCOCC4)n4c3CN(C)C(=O)C4C)cccc2nc1-c1cnn(C)c1. The number of halogens is 3. The van der Waals surface area contributed by atoms with Crippen molar-refractivity contribution >= 4 is 72.7 Å². The molecule has 18 heterocycles. The number of rotatable bonds is 17. The third-order valence-electron chi connectivity index (χ3n) is 27.7. The molecule has 8 aliphatic rings. The van der Waals surface area contributed by atoms with Crippen LogP contribution in [0.1, 0.15) is 159 Å². The summed E-state index contributed by atoms with van der Waals surface area (Å²) in [5, 5.41) is 32.0. The topological polar surface area (TPSA) is 318 Å². The molecule has 2 aliphatic carbocycles. The van der Waals surface area contributed by atoms with Gasteiger partial charge in [-0.15, -0.1) is 0 Å². The number of β-amino-alcohol motifs (C(OH)–C–C–N with tert-alkyl or cyclic N) is 1. The van der Waals surface area contributed by atoms with Crippen LogP contribution in [0.5, 0.6) is 0 Å². The molecule has 2 saturated carbocycles. The highest BCUT2D eigenvalue weighted by Gasteiger charge is 2.42. The number of amides is 4. The number of aliphatic hydroxyl groups is 1. The third-order valence-corrected chi connectivity index (χ3v) is 27.7. The van der Waals surface area contributed by atoms with Gasteiger partial charge in [0.2, 0.25) is 29.3 Å². The zero-order valence-electron chi connectivity index (χ0n) is 77.3. The first-order valence-electron chi connectivity index (χ1n) is 46.6. The van der Waals surface area contributed by atoms with Crippen LogP contribution >= 0.6 is 0 Å². The Morgan fingerprint density at radius 3 is 1.32 bits per heavy atom. The number of aliphatic hydroxyl groups excluding tert-OH is 1. The van der Waals surface area contributed by atoms with Gasteiger partial charge < -0.3 is 52.4 Å². The van der Waals surface area contributed by atoms with Gasteiger partial charge in [0, 0.05) is 215 Å². The van der Waals surface area contributed by atoms with Crippen LogP contribution in [0.15, 0.2) is 159 Å². The molecule has 2 unspecified atom stereocenters. The maximum absolute atomic E-state index is 14.3. The van der Waals surface area contributed by atoms with Crippen LogP contribution in [0.2, 0.25) is 0 Å². The zero-order chi connectivity index (χ0) is 94.5. The summed E-state index contributed by atoms with van der Waals surface area (Å²) in [6, 6.07) is 28.8. The molecule has 0 bridgehead atoms. The van der Waals surface area contributed by atoms with Crippen molar-refractivity contribution in [3.05, 3.63) is 222 Å². The molecule has 4 fully saturated rings. The molecular formula is C102H102F3N25O7. The fourth-order valence-corrected chi connectivity index (χ4v) is 20.4. The number of alkyl halides is 3. The van der Waals surface area contributed by atoms with Crippen LogP contribution in [0.25, 0.3) is 138 Å². The molecule has 1 N–H and O–H groups in total. The molecule has 16 aromatic rings. The number of pyridine rings is 4. The number of fused-ring (bicyclic) bond motifs is 8. The fraction of sp³-hybridized carbons (Fsp3) is 0.363. The van der Waals surface area contributed by atoms with E-state index in [9.17, 15) is 37.5 Å². The molecule has 2 saturated heterocycles. The first-order valence-corrected chi connectivity index (χ1v) is 46.6. The Morgan fingerprint density at radius 2 is 0.869 bits per heavy atom. The number of imidazole rings is 4. The second-order valence-corrected chi connectivity index (χ2v) is 36.8. The molecule has 2 atom stereocenters. The number of aryl methyl sites for hydroxylation is 4. The Kier molecular flexibility index (Phi) is 23.6. The number of nitrogens with zero attached hydrogens (tertiary/aromatic N) is 25. The van der Waals surface area contributed by atoms with Gasteiger partial charge in [0.25, 0.3) is 6.43 Å². The molecule has 24 rings (SSSR count). The summed E-state index contributed by atoms with van der Waals surface area (Å²) >= 11 is 0. The number of benzene rings is 4. The van der Waals surface area contributed by atoms with Gasteiger partial charge in [-0.25, -0.2) is 38.0 Å². The van der Waals surface area contributed by atoms with Crippen LogP contribution in [-0.4, -0.2) is 212 Å². The highest BCUT2D eigenvalue weighted by atomic mass is 19.3. The Morgan fingerprint density at radius 1 is 0.438 bits per heavy atom. The molecule has 698 valence electrons. The summed E-state index contributed by atoms with van der Waals surface area (Å²) < 4.78 is 68.1. The average Bonchev–Trinajstić information content (AvgIpc) is 1.61. The monoisotopic (exact) mass is 1850 g/mol. The Balaban J connectivity index is 0.000000109. The van der Waals surface area contributed by atoms with E-state index in [-0.39, 0.29) is 66.8 Å². The number of carbonyl (C=O) groups excluding carboxylic acids is 4. The summed E-state index contributed by atoms with van der Waals surface area (Å²) in [7, 11) is 11.0. The van der Waals surface area contributed by atoms with Gasteiger partial charge in [0.1, 0.15) is 55.1 Å². The van der Waals surface area contributed by atoms with Gasteiger partial charge in [-0.05, 0) is 129 Å². The molecule has 32 nitrogen and oxygen atoms in total. The summed E-state index contributed by atoms with van der Waals surface area (Å²) in [4.78, 5) is 101. The van der Waals surface area contributed by atoms with Crippen molar-refractivity contribution in [2.45, 2.75) is 147 Å². The van der Waals surface area contributed by atoms with Gasteiger partial charge in [0.15, 0.2) is 0 Å². The number of likely N-dealkylation sites (N-methyl/N-ethyl adjacent to an activating group) is 2. The fourth-order valence-electron chi connectivity index (χ4n) is 20.4. The van der Waals surface area contributed by atoms with Crippen molar-refractivity contribution in [3.8, 4) is 89.9 Å². The van der Waals surface area contributed by atoms with Gasteiger partial charge in [-0.1, -0.05) is 48.5 Å². The quantitative estimate of drug-likeness (QED) is 0.0828. The minimum atomic E-state index is -2.68. The van der Waals surface area contributed by atoms with E-state index in [0.717, 1.165) is 203 Å². The number of hydrogen-bond donors (Lipinski definition) is 1. The van der Waals surface area contributed by atoms with E-state index in [0.29, 0.717) is 111 Å². The van der Waals surface area contributed by atoms with Crippen LogP contribution in [-0.2, 0) is 96.1 Å². The van der Waals surface area contributed by atoms with E-state index in [1.54, 1.807) is 83.3 Å². The lowest BCUT2D eigenvalue weighted by Gasteiger charge is -2.32. The molecule has 137 heavy (non-hydrogen) atoms. The lowest BCUT2D eigenvalue weighted by atomic mass is 9.96. The largest absolute Gasteiger partial charge is 0.395 e. The Labute approximate surface area is 786 Å². The number of hydrogen-bond acceptors (Lipinski definition) is 19. The van der Waals surface area contributed by atoms with Crippen LogP contribution in [0.4, 0.5) is 18.9 Å². The smallest absolute Gasteiger partial charge is 0.264 e. The summed E-state index contributed by atoms with van der Waals surface area (Å²) in [6.07, 6.45) is 25.1. The second kappa shape index (κ2) is 36.5. The summed E-state index contributed by atoms with van der Waals surface area (Å²) in [6.45, 7) is 16.5. The van der Waals surface area contributed by atoms with Crippen molar-refractivity contribution in [1.29, 1.82) is 0 Å². The normalized spacial score (nSPS) is 17.4. The van der Waals surface area contributed by atoms with Crippen molar-refractivity contribution < 1.29 is 46.9 Å². The summed E-state index contributed by atoms with van der Waals surface area (Å²) in [5.41, 5.74) is 19.0. The number of ether oxygens (including phenoxy) is 2. The number of carbonyl (C=O) groups is 4. The lowest BCUT2D eigenvalue weighted by Crippen LogP contribution is -2.40. The predicted octanol–water partition coefficient (Wildman–Crippen LogP) is 15.7. The highest BCUT2D eigenvalue weighted by molar-refractivity contribution is 6.02. The highest BCUT2D eigenvalue weighted by Crippen LogP contribution is 2.49. The number of aromatic nitrogens is 20. The first-order chi connectivity index (χ1) is 66.5. The molecule has 4 amide bonds. The molecule has 35 heteroatoms. The molecule has 12 aromatic heterocycles. The first kappa shape index (κ1) is 88.8. The standard InChI is InChI=1S/C27H28F2N6O2.C27H27N7O2.C24H23FN6O.C24H24N6O2/c1-15-27(36)33(2)14-23-24(32-26(35(15)23)16-5-8-37-9-6-16)18-4-7-30-22-11-19(17-12-31-34(3)13-17)21(25(28)29)10-20(18)22;1-16-27(35)32(3)15-23-25(31-26(34(16)23)17-8-10-36-11-9-17)19-6-5-7-21-20(19)12-22(28-2)24(30-21)18-13-29-33(4)14-18;1-29-12-17(10-27-29)20-9-16-3-2-4-18(19(16)11-26-20)23-21-13-30(8-7-25)22(32)14-31(21)24(28-23)15-5-6-15;1-28-12-17(10-26-28)20-9-16-3-2-4-18(19(16)11-25-20)23-21-13-29(7-8-31)22(32)14-30(21)24(27-23)15-5-6-15/h4,7,10-13,15-16,25H,5-6,8-9,14H2,1-3H3;5-7,12-14,16-17H,8-11,15H2,1,3-4H3;2-4,9-12,15H,5-8,13-14H2,1H3;2-4,9-12,15,31H,5-8,13-14H2,1H3. The van der Waals surface area contributed by atoms with Gasteiger partial charge in [-0.2, -0.15) is 20.4 Å². The van der Waals surface area contributed by atoms with Crippen molar-refractivity contribution in [1.82, 2.24) is 117 Å². The van der Waals surface area contributed by atoms with Gasteiger partial charge in [0.05, 0.1) is 138 Å². The average molecular weight is 1850 g/mol. The van der Waals surface area contributed by atoms with Crippen LogP contribution in [0.3, 0.4) is 0 Å². The van der Waals surface area contributed by atoms with Crippen LogP contribution < -0.4 is 0 Å². The molecular weight excluding hydrogens is 1740 g/mol. The van der Waals surface area contributed by atoms with E-state index >= 15 is 0 Å². The third kappa shape index (κ3) is 16.7. The second-order valence-electron chi connectivity index (χ2n) is 36.8. The lowest BCUT2D eigenvalue weighted by molar-refractivity contribution is -0.136. The van der Waals surface area contributed by atoms with Crippen LogP contribution in [0, 0.1) is 6.57 Å².